The zero-order chi connectivity index (χ0) is 16.0. The van der Waals surface area contributed by atoms with E-state index in [0.717, 1.165) is 11.5 Å². The van der Waals surface area contributed by atoms with Crippen molar-refractivity contribution in [3.63, 3.8) is 0 Å². The van der Waals surface area contributed by atoms with Gasteiger partial charge in [0.05, 0.1) is 10.0 Å². The number of benzene rings is 1. The normalized spacial score (nSPS) is 34.9. The number of nitrogens with zero attached hydrogens (tertiary/aromatic N) is 1. The van der Waals surface area contributed by atoms with Gasteiger partial charge >= 0.3 is 0 Å². The molecule has 0 bridgehead atoms. The Labute approximate surface area is 142 Å². The van der Waals surface area contributed by atoms with Crippen molar-refractivity contribution in [1.29, 1.82) is 0 Å². The maximum atomic E-state index is 6.33. The Hall–Kier alpha value is -0.480. The summed E-state index contributed by atoms with van der Waals surface area (Å²) in [6, 6.07) is 3.93. The minimum atomic E-state index is -0.128. The van der Waals surface area contributed by atoms with E-state index in [4.69, 9.17) is 33.8 Å². The van der Waals surface area contributed by atoms with Gasteiger partial charge in [0.2, 0.25) is 0 Å². The van der Waals surface area contributed by atoms with Gasteiger partial charge in [-0.2, -0.15) is 0 Å². The summed E-state index contributed by atoms with van der Waals surface area (Å²) in [5, 5.41) is 3.27. The van der Waals surface area contributed by atoms with Gasteiger partial charge in [-0.15, -0.1) is 5.06 Å². The highest BCUT2D eigenvalue weighted by molar-refractivity contribution is 6.36. The Kier molecular flexibility index (Phi) is 4.61. The van der Waals surface area contributed by atoms with Crippen LogP contribution in [0.25, 0.3) is 0 Å². The molecule has 1 aliphatic heterocycles. The van der Waals surface area contributed by atoms with Crippen LogP contribution in [0.15, 0.2) is 12.1 Å². The van der Waals surface area contributed by atoms with Gasteiger partial charge in [-0.05, 0) is 42.7 Å². The van der Waals surface area contributed by atoms with Crippen molar-refractivity contribution in [2.45, 2.75) is 52.3 Å². The summed E-state index contributed by atoms with van der Waals surface area (Å²) in [4.78, 5) is 5.90. The molecular weight excluding hydrogens is 319 g/mol. The SMILES string of the molecule is CC1CCC(C(C)C)C(N2OC2c2c(Cl)cc(N)cc2Cl)C1. The molecular formula is C17H24Cl2N2O. The van der Waals surface area contributed by atoms with Crippen LogP contribution in [-0.2, 0) is 4.84 Å². The van der Waals surface area contributed by atoms with Crippen LogP contribution in [0.5, 0.6) is 0 Å². The number of rotatable bonds is 3. The predicted molar refractivity (Wildman–Crippen MR) is 91.7 cm³/mol. The topological polar surface area (TPSA) is 41.6 Å². The minimum Gasteiger partial charge on any atom is -0.399 e. The van der Waals surface area contributed by atoms with Crippen LogP contribution in [0.2, 0.25) is 10.0 Å². The van der Waals surface area contributed by atoms with E-state index in [1.54, 1.807) is 12.1 Å². The lowest BCUT2D eigenvalue weighted by molar-refractivity contribution is 0.0435. The van der Waals surface area contributed by atoms with Gasteiger partial charge in [0.15, 0.2) is 6.23 Å². The number of nitrogen functional groups attached to an aromatic ring is 1. The minimum absolute atomic E-state index is 0.128. The maximum absolute atomic E-state index is 6.33. The van der Waals surface area contributed by atoms with Crippen molar-refractivity contribution < 1.29 is 4.84 Å². The molecule has 1 aromatic rings. The molecule has 1 saturated carbocycles. The number of nitrogens with two attached hydrogens (primary N) is 1. The number of hydroxylamine groups is 2. The number of halogens is 2. The predicted octanol–water partition coefficient (Wildman–Crippen LogP) is 5.28. The summed E-state index contributed by atoms with van der Waals surface area (Å²) in [5.41, 5.74) is 7.21. The van der Waals surface area contributed by atoms with Gasteiger partial charge in [0, 0.05) is 17.3 Å². The average Bonchev–Trinajstić information content (AvgIpc) is 3.17. The average molecular weight is 343 g/mol. The van der Waals surface area contributed by atoms with Gasteiger partial charge in [0.1, 0.15) is 0 Å². The fourth-order valence-electron chi connectivity index (χ4n) is 3.80. The van der Waals surface area contributed by atoms with Gasteiger partial charge in [-0.25, -0.2) is 0 Å². The molecule has 1 saturated heterocycles. The van der Waals surface area contributed by atoms with Crippen LogP contribution in [0.4, 0.5) is 5.69 Å². The molecule has 2 N–H and O–H groups in total. The largest absolute Gasteiger partial charge is 0.399 e. The quantitative estimate of drug-likeness (QED) is 0.599. The Bertz CT molecular complexity index is 541. The molecule has 2 fully saturated rings. The molecule has 0 aromatic heterocycles. The van der Waals surface area contributed by atoms with Gasteiger partial charge in [0.25, 0.3) is 0 Å². The van der Waals surface area contributed by atoms with Crippen LogP contribution in [-0.4, -0.2) is 11.1 Å². The van der Waals surface area contributed by atoms with E-state index in [1.165, 1.54) is 19.3 Å². The van der Waals surface area contributed by atoms with Crippen molar-refractivity contribution in [3.8, 4) is 0 Å². The first-order chi connectivity index (χ1) is 10.4. The van der Waals surface area contributed by atoms with E-state index < -0.39 is 0 Å². The summed E-state index contributed by atoms with van der Waals surface area (Å²) in [5.74, 6) is 2.05. The van der Waals surface area contributed by atoms with Crippen LogP contribution in [0.1, 0.15) is 51.8 Å². The van der Waals surface area contributed by atoms with Crippen LogP contribution < -0.4 is 5.73 Å². The highest BCUT2D eigenvalue weighted by Gasteiger charge is 2.49. The standard InChI is InChI=1S/C17H24Cl2N2O/c1-9(2)12-5-4-10(3)6-15(12)21-17(22-21)16-13(18)7-11(20)8-14(16)19/h7-10,12,15,17H,4-6,20H2,1-3H3. The Morgan fingerprint density at radius 1 is 1.23 bits per heavy atom. The molecule has 0 spiro atoms. The third-order valence-electron chi connectivity index (χ3n) is 5.07. The summed E-state index contributed by atoms with van der Waals surface area (Å²) in [6.07, 6.45) is 3.61. The second kappa shape index (κ2) is 6.20. The van der Waals surface area contributed by atoms with Gasteiger partial charge in [-0.1, -0.05) is 50.4 Å². The molecule has 0 amide bonds. The summed E-state index contributed by atoms with van der Waals surface area (Å²) in [7, 11) is 0. The van der Waals surface area contributed by atoms with E-state index in [0.29, 0.717) is 33.6 Å². The van der Waals surface area contributed by atoms with Gasteiger partial charge in [-0.3, -0.25) is 4.84 Å². The molecule has 122 valence electrons. The Morgan fingerprint density at radius 2 is 1.86 bits per heavy atom. The molecule has 1 aliphatic carbocycles. The third kappa shape index (κ3) is 3.09. The van der Waals surface area contributed by atoms with E-state index in [2.05, 4.69) is 25.8 Å². The van der Waals surface area contributed by atoms with Crippen LogP contribution >= 0.6 is 23.2 Å². The van der Waals surface area contributed by atoms with Crippen molar-refractivity contribution >= 4 is 28.9 Å². The fourth-order valence-corrected chi connectivity index (χ4v) is 4.50. The lowest BCUT2D eigenvalue weighted by atomic mass is 9.74. The summed E-state index contributed by atoms with van der Waals surface area (Å²) in [6.45, 7) is 6.93. The van der Waals surface area contributed by atoms with Crippen molar-refractivity contribution in [2.75, 3.05) is 5.73 Å². The van der Waals surface area contributed by atoms with E-state index in [-0.39, 0.29) is 6.23 Å². The first-order valence-electron chi connectivity index (χ1n) is 8.08. The first kappa shape index (κ1) is 16.4. The number of hydrogen-bond acceptors (Lipinski definition) is 3. The number of anilines is 1. The monoisotopic (exact) mass is 342 g/mol. The molecule has 1 heterocycles. The molecule has 2 aliphatic rings. The smallest absolute Gasteiger partial charge is 0.183 e. The molecule has 5 heteroatoms. The molecule has 5 unspecified atom stereocenters. The second-order valence-corrected chi connectivity index (χ2v) is 7.92. The lowest BCUT2D eigenvalue weighted by Gasteiger charge is -2.37. The van der Waals surface area contributed by atoms with Crippen LogP contribution in [0, 0.1) is 17.8 Å². The van der Waals surface area contributed by atoms with Crippen molar-refractivity contribution in [1.82, 2.24) is 5.06 Å². The Morgan fingerprint density at radius 3 is 2.45 bits per heavy atom. The highest BCUT2D eigenvalue weighted by atomic mass is 35.5. The van der Waals surface area contributed by atoms with E-state index >= 15 is 0 Å². The first-order valence-corrected chi connectivity index (χ1v) is 8.83. The zero-order valence-electron chi connectivity index (χ0n) is 13.4. The third-order valence-corrected chi connectivity index (χ3v) is 5.69. The van der Waals surface area contributed by atoms with Crippen LogP contribution in [0.3, 0.4) is 0 Å². The zero-order valence-corrected chi connectivity index (χ0v) is 14.9. The van der Waals surface area contributed by atoms with E-state index in [1.807, 2.05) is 0 Å². The Balaban J connectivity index is 1.81. The van der Waals surface area contributed by atoms with E-state index in [9.17, 15) is 0 Å². The van der Waals surface area contributed by atoms with Gasteiger partial charge < -0.3 is 5.73 Å². The highest BCUT2D eigenvalue weighted by Crippen LogP contribution is 2.50. The summed E-state index contributed by atoms with van der Waals surface area (Å²) < 4.78 is 0. The molecule has 3 rings (SSSR count). The molecule has 1 aromatic carbocycles. The van der Waals surface area contributed by atoms with Crippen molar-refractivity contribution in [2.24, 2.45) is 17.8 Å². The maximum Gasteiger partial charge on any atom is 0.183 e. The summed E-state index contributed by atoms with van der Waals surface area (Å²) >= 11 is 12.7. The lowest BCUT2D eigenvalue weighted by Crippen LogP contribution is -2.37. The second-order valence-electron chi connectivity index (χ2n) is 7.11. The molecule has 5 atom stereocenters. The number of hydrogen-bond donors (Lipinski definition) is 1. The fraction of sp³-hybridized carbons (Fsp3) is 0.647. The van der Waals surface area contributed by atoms with Crippen molar-refractivity contribution in [3.05, 3.63) is 27.7 Å². The molecule has 0 radical (unpaired) electrons. The molecule has 22 heavy (non-hydrogen) atoms. The molecule has 3 nitrogen and oxygen atoms in total.